The van der Waals surface area contributed by atoms with Crippen molar-refractivity contribution in [2.24, 2.45) is 0 Å². The van der Waals surface area contributed by atoms with Crippen molar-refractivity contribution in [2.75, 3.05) is 5.32 Å². The highest BCUT2D eigenvalue weighted by molar-refractivity contribution is 5.94. The normalized spacial score (nSPS) is 17.3. The molecule has 0 unspecified atom stereocenters. The van der Waals surface area contributed by atoms with E-state index < -0.39 is 0 Å². The Bertz CT molecular complexity index is 702. The van der Waals surface area contributed by atoms with Crippen LogP contribution in [0.2, 0.25) is 0 Å². The Kier molecular flexibility index (Phi) is 4.11. The summed E-state index contributed by atoms with van der Waals surface area (Å²) in [5.74, 6) is 1.75. The van der Waals surface area contributed by atoms with Gasteiger partial charge in [0.2, 0.25) is 5.91 Å². The summed E-state index contributed by atoms with van der Waals surface area (Å²) in [5.41, 5.74) is 2.19. The van der Waals surface area contributed by atoms with Gasteiger partial charge in [0.1, 0.15) is 11.6 Å². The van der Waals surface area contributed by atoms with Gasteiger partial charge in [-0.3, -0.25) is 4.79 Å². The molecule has 2 heterocycles. The number of fused-ring (bicyclic) bond motifs is 1. The maximum atomic E-state index is 12.1. The third-order valence-electron chi connectivity index (χ3n) is 3.99. The van der Waals surface area contributed by atoms with Crippen LogP contribution in [-0.4, -0.2) is 21.8 Å². The Morgan fingerprint density at radius 3 is 2.52 bits per heavy atom. The Hall–Kier alpha value is -2.30. The maximum absolute atomic E-state index is 12.1. The summed E-state index contributed by atoms with van der Waals surface area (Å²) in [6.45, 7) is 8.13. The third-order valence-corrected chi connectivity index (χ3v) is 3.99. The Balaban J connectivity index is 1.93. The average Bonchev–Trinajstić information content (AvgIpc) is 2.90. The number of ether oxygens (including phenoxy) is 1. The second kappa shape index (κ2) is 6.07. The lowest BCUT2D eigenvalue weighted by molar-refractivity contribution is -0.116. The van der Waals surface area contributed by atoms with Crippen LogP contribution in [0.25, 0.3) is 0 Å². The van der Waals surface area contributed by atoms with Crippen LogP contribution in [0.3, 0.4) is 0 Å². The standard InChI is InChI=1S/C18H23N3O2/c1-11(2)21-18-16(10-19-21)15(9-17(22)20-18)13-5-7-14(8-6-13)23-12(3)4/h5-8,10-12,15H,9H2,1-4H3,(H,20,22)/t15-/m0/s1. The molecule has 0 spiro atoms. The van der Waals surface area contributed by atoms with Crippen LogP contribution < -0.4 is 10.1 Å². The first-order valence-electron chi connectivity index (χ1n) is 8.09. The Morgan fingerprint density at radius 2 is 1.91 bits per heavy atom. The zero-order valence-electron chi connectivity index (χ0n) is 14.0. The number of amides is 1. The maximum Gasteiger partial charge on any atom is 0.226 e. The van der Waals surface area contributed by atoms with Gasteiger partial charge in [-0.25, -0.2) is 4.68 Å². The number of carbonyl (C=O) groups excluding carboxylic acids is 1. The molecule has 1 amide bonds. The van der Waals surface area contributed by atoms with Gasteiger partial charge in [0, 0.05) is 23.9 Å². The molecule has 3 rings (SSSR count). The van der Waals surface area contributed by atoms with E-state index in [1.807, 2.05) is 49.0 Å². The van der Waals surface area contributed by atoms with E-state index in [-0.39, 0.29) is 24.0 Å². The molecule has 1 atom stereocenters. The predicted molar refractivity (Wildman–Crippen MR) is 89.9 cm³/mol. The van der Waals surface area contributed by atoms with Crippen LogP contribution in [0.5, 0.6) is 5.75 Å². The fourth-order valence-corrected chi connectivity index (χ4v) is 2.98. The molecule has 0 radical (unpaired) electrons. The van der Waals surface area contributed by atoms with Crippen LogP contribution in [0, 0.1) is 0 Å². The molecule has 1 aromatic carbocycles. The van der Waals surface area contributed by atoms with Crippen LogP contribution in [0.1, 0.15) is 57.2 Å². The van der Waals surface area contributed by atoms with E-state index >= 15 is 0 Å². The molecule has 0 saturated heterocycles. The van der Waals surface area contributed by atoms with E-state index in [4.69, 9.17) is 4.74 Å². The molecule has 0 saturated carbocycles. The molecule has 1 aromatic heterocycles. The average molecular weight is 313 g/mol. The molecule has 0 bridgehead atoms. The first kappa shape index (κ1) is 15.6. The molecule has 5 heteroatoms. The molecule has 0 fully saturated rings. The smallest absolute Gasteiger partial charge is 0.226 e. The van der Waals surface area contributed by atoms with Gasteiger partial charge in [0.25, 0.3) is 0 Å². The summed E-state index contributed by atoms with van der Waals surface area (Å²) in [6.07, 6.45) is 2.47. The van der Waals surface area contributed by atoms with Gasteiger partial charge in [-0.15, -0.1) is 0 Å². The highest BCUT2D eigenvalue weighted by Crippen LogP contribution is 2.38. The van der Waals surface area contributed by atoms with E-state index in [9.17, 15) is 4.79 Å². The minimum absolute atomic E-state index is 0.0346. The van der Waals surface area contributed by atoms with E-state index in [0.717, 1.165) is 22.7 Å². The van der Waals surface area contributed by atoms with Gasteiger partial charge in [0.15, 0.2) is 0 Å². The van der Waals surface area contributed by atoms with E-state index in [1.54, 1.807) is 0 Å². The van der Waals surface area contributed by atoms with Crippen molar-refractivity contribution < 1.29 is 9.53 Å². The van der Waals surface area contributed by atoms with Crippen LogP contribution in [0.4, 0.5) is 5.82 Å². The predicted octanol–water partition coefficient (Wildman–Crippen LogP) is 3.73. The van der Waals surface area contributed by atoms with Gasteiger partial charge in [-0.2, -0.15) is 5.10 Å². The number of nitrogens with one attached hydrogen (secondary N) is 1. The quantitative estimate of drug-likeness (QED) is 0.936. The second-order valence-corrected chi connectivity index (χ2v) is 6.53. The van der Waals surface area contributed by atoms with E-state index in [2.05, 4.69) is 24.3 Å². The largest absolute Gasteiger partial charge is 0.491 e. The number of carbonyl (C=O) groups is 1. The van der Waals surface area contributed by atoms with Gasteiger partial charge < -0.3 is 10.1 Å². The van der Waals surface area contributed by atoms with Crippen molar-refractivity contribution in [2.45, 2.75) is 52.2 Å². The first-order valence-corrected chi connectivity index (χ1v) is 8.09. The lowest BCUT2D eigenvalue weighted by Crippen LogP contribution is -2.25. The van der Waals surface area contributed by atoms with Gasteiger partial charge in [-0.1, -0.05) is 12.1 Å². The number of hydrogen-bond donors (Lipinski definition) is 1. The van der Waals surface area contributed by atoms with Gasteiger partial charge in [-0.05, 0) is 45.4 Å². The van der Waals surface area contributed by atoms with Crippen molar-refractivity contribution in [1.29, 1.82) is 0 Å². The summed E-state index contributed by atoms with van der Waals surface area (Å²) >= 11 is 0. The summed E-state index contributed by atoms with van der Waals surface area (Å²) in [7, 11) is 0. The number of hydrogen-bond acceptors (Lipinski definition) is 3. The van der Waals surface area contributed by atoms with E-state index in [0.29, 0.717) is 6.42 Å². The highest BCUT2D eigenvalue weighted by Gasteiger charge is 2.30. The Labute approximate surface area is 136 Å². The van der Waals surface area contributed by atoms with Gasteiger partial charge >= 0.3 is 0 Å². The minimum atomic E-state index is 0.0346. The Morgan fingerprint density at radius 1 is 1.22 bits per heavy atom. The zero-order valence-corrected chi connectivity index (χ0v) is 14.0. The van der Waals surface area contributed by atoms with Crippen molar-refractivity contribution >= 4 is 11.7 Å². The SMILES string of the molecule is CC(C)Oc1ccc([C@@H]2CC(=O)Nc3c2cnn3C(C)C)cc1. The molecule has 1 N–H and O–H groups in total. The summed E-state index contributed by atoms with van der Waals surface area (Å²) in [4.78, 5) is 12.1. The lowest BCUT2D eigenvalue weighted by Gasteiger charge is -2.24. The topological polar surface area (TPSA) is 56.1 Å². The number of benzene rings is 1. The van der Waals surface area contributed by atoms with Crippen molar-refractivity contribution in [3.63, 3.8) is 0 Å². The van der Waals surface area contributed by atoms with Crippen molar-refractivity contribution in [1.82, 2.24) is 9.78 Å². The third kappa shape index (κ3) is 3.09. The van der Waals surface area contributed by atoms with Crippen LogP contribution in [-0.2, 0) is 4.79 Å². The zero-order chi connectivity index (χ0) is 16.6. The molecular weight excluding hydrogens is 290 g/mol. The number of aromatic nitrogens is 2. The molecule has 122 valence electrons. The molecule has 1 aliphatic heterocycles. The number of anilines is 1. The van der Waals surface area contributed by atoms with Crippen LogP contribution >= 0.6 is 0 Å². The summed E-state index contributed by atoms with van der Waals surface area (Å²) in [5, 5.41) is 7.41. The second-order valence-electron chi connectivity index (χ2n) is 6.53. The number of rotatable bonds is 4. The lowest BCUT2D eigenvalue weighted by atomic mass is 9.87. The highest BCUT2D eigenvalue weighted by atomic mass is 16.5. The molecular formula is C18H23N3O2. The molecule has 5 nitrogen and oxygen atoms in total. The number of nitrogens with zero attached hydrogens (tertiary/aromatic N) is 2. The van der Waals surface area contributed by atoms with E-state index in [1.165, 1.54) is 0 Å². The monoisotopic (exact) mass is 313 g/mol. The van der Waals surface area contributed by atoms with Gasteiger partial charge in [0.05, 0.1) is 12.3 Å². The minimum Gasteiger partial charge on any atom is -0.491 e. The molecule has 0 aliphatic carbocycles. The molecule has 2 aromatic rings. The molecule has 23 heavy (non-hydrogen) atoms. The fraction of sp³-hybridized carbons (Fsp3) is 0.444. The van der Waals surface area contributed by atoms with Crippen molar-refractivity contribution in [3.8, 4) is 5.75 Å². The summed E-state index contributed by atoms with van der Waals surface area (Å²) in [6, 6.07) is 8.22. The van der Waals surface area contributed by atoms with Crippen LogP contribution in [0.15, 0.2) is 30.5 Å². The fourth-order valence-electron chi connectivity index (χ4n) is 2.98. The summed E-state index contributed by atoms with van der Waals surface area (Å²) < 4.78 is 7.56. The van der Waals surface area contributed by atoms with Crippen molar-refractivity contribution in [3.05, 3.63) is 41.6 Å². The first-order chi connectivity index (χ1) is 11.0. The molecule has 1 aliphatic rings.